The third-order valence-corrected chi connectivity index (χ3v) is 3.51. The smallest absolute Gasteiger partial charge is 0.0606 e. The van der Waals surface area contributed by atoms with E-state index < -0.39 is 0 Å². The van der Waals surface area contributed by atoms with Gasteiger partial charge in [0, 0.05) is 35.1 Å². The summed E-state index contributed by atoms with van der Waals surface area (Å²) in [6, 6.07) is 13.2. The molecule has 0 fully saturated rings. The number of halogens is 1. The zero-order chi connectivity index (χ0) is 15.2. The molecule has 0 aliphatic carbocycles. The fourth-order valence-corrected chi connectivity index (χ4v) is 2.45. The predicted octanol–water partition coefficient (Wildman–Crippen LogP) is 2.38. The molecular weight excluding hydrogens is 288 g/mol. The number of anilines is 2. The molecule has 5 heteroatoms. The maximum absolute atomic E-state index is 9.14. The van der Waals surface area contributed by atoms with Gasteiger partial charge in [0.2, 0.25) is 0 Å². The van der Waals surface area contributed by atoms with Gasteiger partial charge in [-0.1, -0.05) is 23.7 Å². The van der Waals surface area contributed by atoms with Crippen LogP contribution in [-0.2, 0) is 0 Å². The summed E-state index contributed by atoms with van der Waals surface area (Å²) in [6.45, 7) is 0.965. The average Bonchev–Trinajstić information content (AvgIpc) is 2.47. The van der Waals surface area contributed by atoms with Crippen molar-refractivity contribution in [3.8, 4) is 11.1 Å². The Labute approximate surface area is 129 Å². The second-order valence-corrected chi connectivity index (χ2v) is 5.15. The molecule has 0 heterocycles. The highest BCUT2D eigenvalue weighted by Crippen LogP contribution is 2.31. The maximum Gasteiger partial charge on any atom is 0.0606 e. The van der Waals surface area contributed by atoms with Crippen molar-refractivity contribution in [2.24, 2.45) is 0 Å². The van der Waals surface area contributed by atoms with E-state index in [1.807, 2.05) is 47.4 Å². The summed E-state index contributed by atoms with van der Waals surface area (Å²) in [5.41, 5.74) is 9.45. The van der Waals surface area contributed by atoms with Crippen molar-refractivity contribution in [1.29, 1.82) is 0 Å². The lowest BCUT2D eigenvalue weighted by atomic mass is 10.0. The summed E-state index contributed by atoms with van der Waals surface area (Å²) in [5, 5.41) is 18.9. The van der Waals surface area contributed by atoms with Crippen molar-refractivity contribution in [2.45, 2.75) is 0 Å². The predicted molar refractivity (Wildman–Crippen MR) is 87.7 cm³/mol. The lowest BCUT2D eigenvalue weighted by molar-refractivity contribution is 0.281. The van der Waals surface area contributed by atoms with Gasteiger partial charge in [-0.15, -0.1) is 0 Å². The van der Waals surface area contributed by atoms with Crippen LogP contribution in [0.25, 0.3) is 11.1 Å². The number of hydrogen-bond donors (Lipinski definition) is 3. The van der Waals surface area contributed by atoms with Crippen LogP contribution < -0.4 is 10.6 Å². The Kier molecular flexibility index (Phi) is 5.44. The summed E-state index contributed by atoms with van der Waals surface area (Å²) in [6.07, 6.45) is 0. The topological polar surface area (TPSA) is 69.7 Å². The van der Waals surface area contributed by atoms with Gasteiger partial charge in [0.15, 0.2) is 0 Å². The first-order chi connectivity index (χ1) is 10.2. The molecule has 0 amide bonds. The third-order valence-electron chi connectivity index (χ3n) is 3.28. The average molecular weight is 307 g/mol. The van der Waals surface area contributed by atoms with Gasteiger partial charge in [0.25, 0.3) is 0 Å². The highest BCUT2D eigenvalue weighted by molar-refractivity contribution is 6.30. The number of aliphatic hydroxyl groups excluding tert-OH is 2. The van der Waals surface area contributed by atoms with Crippen molar-refractivity contribution in [3.05, 3.63) is 47.5 Å². The lowest BCUT2D eigenvalue weighted by Gasteiger charge is -2.24. The van der Waals surface area contributed by atoms with Crippen LogP contribution in [0.1, 0.15) is 0 Å². The first-order valence-corrected chi connectivity index (χ1v) is 7.15. The van der Waals surface area contributed by atoms with E-state index in [0.717, 1.165) is 16.8 Å². The van der Waals surface area contributed by atoms with Crippen LogP contribution in [-0.4, -0.2) is 36.5 Å². The van der Waals surface area contributed by atoms with Gasteiger partial charge >= 0.3 is 0 Å². The summed E-state index contributed by atoms with van der Waals surface area (Å²) in [7, 11) is 0. The molecule has 2 rings (SSSR count). The second-order valence-electron chi connectivity index (χ2n) is 4.72. The Hall–Kier alpha value is -1.75. The minimum Gasteiger partial charge on any atom is -0.398 e. The minimum atomic E-state index is 0.0247. The Morgan fingerprint density at radius 2 is 1.71 bits per heavy atom. The van der Waals surface area contributed by atoms with E-state index in [0.29, 0.717) is 23.8 Å². The van der Waals surface area contributed by atoms with E-state index in [4.69, 9.17) is 27.5 Å². The van der Waals surface area contributed by atoms with Gasteiger partial charge in [-0.05, 0) is 35.9 Å². The van der Waals surface area contributed by atoms with Crippen molar-refractivity contribution >= 4 is 23.0 Å². The summed E-state index contributed by atoms with van der Waals surface area (Å²) < 4.78 is 0. The first kappa shape index (κ1) is 15.6. The summed E-state index contributed by atoms with van der Waals surface area (Å²) >= 11 is 6.03. The maximum atomic E-state index is 9.14. The van der Waals surface area contributed by atoms with Crippen molar-refractivity contribution < 1.29 is 10.2 Å². The molecule has 0 spiro atoms. The Morgan fingerprint density at radius 3 is 2.33 bits per heavy atom. The number of nitrogen functional groups attached to an aromatic ring is 1. The van der Waals surface area contributed by atoms with E-state index in [-0.39, 0.29) is 13.2 Å². The Balaban J connectivity index is 2.40. The molecule has 4 N–H and O–H groups in total. The Bertz CT molecular complexity index is 599. The largest absolute Gasteiger partial charge is 0.398 e. The normalized spacial score (nSPS) is 10.6. The molecule has 0 saturated heterocycles. The van der Waals surface area contributed by atoms with E-state index in [1.54, 1.807) is 0 Å². The van der Waals surface area contributed by atoms with Crippen LogP contribution >= 0.6 is 11.6 Å². The fourth-order valence-electron chi connectivity index (χ4n) is 2.26. The van der Waals surface area contributed by atoms with Crippen molar-refractivity contribution in [2.75, 3.05) is 36.9 Å². The SMILES string of the molecule is Nc1ccc(N(CCO)CCO)cc1-c1cccc(Cl)c1. The second kappa shape index (κ2) is 7.31. The molecule has 0 unspecified atom stereocenters. The molecule has 0 saturated carbocycles. The number of aliphatic hydroxyl groups is 2. The monoisotopic (exact) mass is 306 g/mol. The van der Waals surface area contributed by atoms with E-state index in [2.05, 4.69) is 0 Å². The highest BCUT2D eigenvalue weighted by Gasteiger charge is 2.10. The third kappa shape index (κ3) is 3.88. The Morgan fingerprint density at radius 1 is 1.00 bits per heavy atom. The standard InChI is InChI=1S/C16H19ClN2O2/c17-13-3-1-2-12(10-13)15-11-14(4-5-16(15)18)19(6-8-20)7-9-21/h1-5,10-11,20-21H,6-9,18H2. The molecule has 0 atom stereocenters. The minimum absolute atomic E-state index is 0.0247. The van der Waals surface area contributed by atoms with Crippen molar-refractivity contribution in [3.63, 3.8) is 0 Å². The zero-order valence-corrected chi connectivity index (χ0v) is 12.4. The van der Waals surface area contributed by atoms with E-state index in [9.17, 15) is 0 Å². The molecular formula is C16H19ClN2O2. The quantitative estimate of drug-likeness (QED) is 0.717. The molecule has 2 aromatic rings. The van der Waals surface area contributed by atoms with Crippen LogP contribution in [0.3, 0.4) is 0 Å². The number of rotatable bonds is 6. The molecule has 0 radical (unpaired) electrons. The molecule has 0 aliphatic rings. The van der Waals surface area contributed by atoms with E-state index >= 15 is 0 Å². The molecule has 0 aliphatic heterocycles. The number of nitrogens with zero attached hydrogens (tertiary/aromatic N) is 1. The van der Waals surface area contributed by atoms with E-state index in [1.165, 1.54) is 0 Å². The van der Waals surface area contributed by atoms with Gasteiger partial charge in [0.1, 0.15) is 0 Å². The van der Waals surface area contributed by atoms with Crippen LogP contribution in [0.15, 0.2) is 42.5 Å². The molecule has 21 heavy (non-hydrogen) atoms. The van der Waals surface area contributed by atoms with Crippen LogP contribution in [0.5, 0.6) is 0 Å². The van der Waals surface area contributed by atoms with Gasteiger partial charge < -0.3 is 20.8 Å². The first-order valence-electron chi connectivity index (χ1n) is 6.78. The fraction of sp³-hybridized carbons (Fsp3) is 0.250. The van der Waals surface area contributed by atoms with Gasteiger partial charge in [-0.3, -0.25) is 0 Å². The number of benzene rings is 2. The van der Waals surface area contributed by atoms with Crippen LogP contribution in [0, 0.1) is 0 Å². The lowest BCUT2D eigenvalue weighted by Crippen LogP contribution is -2.29. The number of hydrogen-bond acceptors (Lipinski definition) is 4. The summed E-state index contributed by atoms with van der Waals surface area (Å²) in [4.78, 5) is 1.91. The van der Waals surface area contributed by atoms with Gasteiger partial charge in [0.05, 0.1) is 13.2 Å². The van der Waals surface area contributed by atoms with Gasteiger partial charge in [-0.25, -0.2) is 0 Å². The number of nitrogens with two attached hydrogens (primary N) is 1. The molecule has 0 aromatic heterocycles. The van der Waals surface area contributed by atoms with Gasteiger partial charge in [-0.2, -0.15) is 0 Å². The van der Waals surface area contributed by atoms with Crippen LogP contribution in [0.2, 0.25) is 5.02 Å². The molecule has 0 bridgehead atoms. The van der Waals surface area contributed by atoms with Crippen molar-refractivity contribution in [1.82, 2.24) is 0 Å². The molecule has 4 nitrogen and oxygen atoms in total. The highest BCUT2D eigenvalue weighted by atomic mass is 35.5. The zero-order valence-electron chi connectivity index (χ0n) is 11.7. The molecule has 112 valence electrons. The molecule has 2 aromatic carbocycles. The van der Waals surface area contributed by atoms with Crippen LogP contribution in [0.4, 0.5) is 11.4 Å². The summed E-state index contributed by atoms with van der Waals surface area (Å²) in [5.74, 6) is 0.